The number of ether oxygens (including phenoxy) is 1. The van der Waals surface area contributed by atoms with Crippen LogP contribution in [0.4, 0.5) is 11.5 Å². The number of hydrogen-bond acceptors (Lipinski definition) is 9. The fraction of sp³-hybridized carbons (Fsp3) is 0.462. The third-order valence-corrected chi connectivity index (χ3v) is 7.13. The zero-order valence-electron chi connectivity index (χ0n) is 21.5. The van der Waals surface area contributed by atoms with Crippen LogP contribution in [0.15, 0.2) is 30.3 Å². The highest BCUT2D eigenvalue weighted by Gasteiger charge is 2.43. The van der Waals surface area contributed by atoms with E-state index >= 15 is 0 Å². The minimum Gasteiger partial charge on any atom is -0.507 e. The Morgan fingerprint density at radius 2 is 1.80 bits per heavy atom. The predicted molar refractivity (Wildman–Crippen MR) is 138 cm³/mol. The minimum absolute atomic E-state index is 0.0202. The molecular formula is C26H34N6O3. The van der Waals surface area contributed by atoms with Crippen LogP contribution in [-0.4, -0.2) is 69.9 Å². The van der Waals surface area contributed by atoms with Gasteiger partial charge in [-0.1, -0.05) is 0 Å². The summed E-state index contributed by atoms with van der Waals surface area (Å²) in [6, 6.07) is 9.09. The van der Waals surface area contributed by atoms with Crippen molar-refractivity contribution in [3.8, 4) is 22.9 Å². The maximum Gasteiger partial charge on any atom is 0.299 e. The third kappa shape index (κ3) is 4.86. The summed E-state index contributed by atoms with van der Waals surface area (Å²) in [5.74, 6) is 0.895. The van der Waals surface area contributed by atoms with Crippen LogP contribution < -0.4 is 15.0 Å². The number of hydrogen-bond donors (Lipinski definition) is 2. The molecule has 2 N–H and O–H groups in total. The first-order valence-corrected chi connectivity index (χ1v) is 11.7. The summed E-state index contributed by atoms with van der Waals surface area (Å²) in [6.07, 6.45) is 2.00. The summed E-state index contributed by atoms with van der Waals surface area (Å²) in [6.45, 7) is 9.41. The van der Waals surface area contributed by atoms with Crippen LogP contribution in [0.25, 0.3) is 22.2 Å². The fourth-order valence-corrected chi connectivity index (χ4v) is 5.14. The summed E-state index contributed by atoms with van der Waals surface area (Å²) in [5, 5.41) is 23.9. The molecule has 0 bridgehead atoms. The van der Waals surface area contributed by atoms with Gasteiger partial charge in [-0.15, -0.1) is 10.2 Å². The SMILES string of the molecule is CN(C)c1cc(OC=O)nc2cc(O)c(-c3ccc(NC4CC(C)(C)N(C)C(C)(C)C4)nn3)cc12. The summed E-state index contributed by atoms with van der Waals surface area (Å²) in [4.78, 5) is 19.4. The van der Waals surface area contributed by atoms with E-state index in [1.165, 1.54) is 0 Å². The summed E-state index contributed by atoms with van der Waals surface area (Å²) in [7, 11) is 5.96. The lowest BCUT2D eigenvalue weighted by atomic mass is 9.77. The Labute approximate surface area is 206 Å². The highest BCUT2D eigenvalue weighted by Crippen LogP contribution is 2.39. The Morgan fingerprint density at radius 3 is 2.37 bits per heavy atom. The number of nitrogens with one attached hydrogen (secondary N) is 1. The molecule has 1 aliphatic heterocycles. The molecule has 0 spiro atoms. The standard InChI is InChI=1S/C26H34N6O3/c1-25(2)13-16(14-26(3,4)32(25)7)27-23-9-8-19(29-30-23)18-10-17-20(11-22(18)34)28-24(35-15-33)12-21(17)31(5)6/h8-12,15-16,34H,13-14H2,1-7H3,(H,27,30). The molecule has 3 heterocycles. The maximum atomic E-state index is 10.8. The van der Waals surface area contributed by atoms with E-state index in [-0.39, 0.29) is 28.7 Å². The van der Waals surface area contributed by atoms with Gasteiger partial charge in [0, 0.05) is 54.3 Å². The van der Waals surface area contributed by atoms with Crippen LogP contribution in [0.2, 0.25) is 0 Å². The molecule has 0 radical (unpaired) electrons. The van der Waals surface area contributed by atoms with E-state index in [0.29, 0.717) is 29.1 Å². The van der Waals surface area contributed by atoms with Crippen molar-refractivity contribution in [1.29, 1.82) is 0 Å². The van der Waals surface area contributed by atoms with Gasteiger partial charge in [-0.05, 0) is 65.8 Å². The van der Waals surface area contributed by atoms with Gasteiger partial charge < -0.3 is 20.1 Å². The lowest BCUT2D eigenvalue weighted by Gasteiger charge is -2.53. The molecular weight excluding hydrogens is 444 g/mol. The molecule has 4 rings (SSSR count). The van der Waals surface area contributed by atoms with Gasteiger partial charge in [0.25, 0.3) is 6.47 Å². The van der Waals surface area contributed by atoms with Crippen molar-refractivity contribution >= 4 is 28.9 Å². The Morgan fingerprint density at radius 1 is 1.11 bits per heavy atom. The molecule has 9 nitrogen and oxygen atoms in total. The highest BCUT2D eigenvalue weighted by atomic mass is 16.5. The zero-order valence-corrected chi connectivity index (χ0v) is 21.5. The lowest BCUT2D eigenvalue weighted by Crippen LogP contribution is -2.61. The summed E-state index contributed by atoms with van der Waals surface area (Å²) in [5.41, 5.74) is 2.54. The smallest absolute Gasteiger partial charge is 0.299 e. The van der Waals surface area contributed by atoms with Crippen LogP contribution in [0.3, 0.4) is 0 Å². The van der Waals surface area contributed by atoms with Crippen molar-refractivity contribution < 1.29 is 14.6 Å². The van der Waals surface area contributed by atoms with E-state index in [1.807, 2.05) is 37.2 Å². The van der Waals surface area contributed by atoms with E-state index < -0.39 is 0 Å². The van der Waals surface area contributed by atoms with E-state index in [2.05, 4.69) is 60.1 Å². The van der Waals surface area contributed by atoms with Crippen molar-refractivity contribution in [1.82, 2.24) is 20.1 Å². The molecule has 35 heavy (non-hydrogen) atoms. The second-order valence-corrected chi connectivity index (χ2v) is 10.7. The number of carbonyl (C=O) groups excluding carboxylic acids is 1. The van der Waals surface area contributed by atoms with Crippen LogP contribution >= 0.6 is 0 Å². The number of rotatable bonds is 6. The first kappa shape index (κ1) is 24.7. The average molecular weight is 479 g/mol. The molecule has 0 unspecified atom stereocenters. The molecule has 1 aromatic carbocycles. The van der Waals surface area contributed by atoms with E-state index in [9.17, 15) is 9.90 Å². The van der Waals surface area contributed by atoms with Crippen LogP contribution in [0.5, 0.6) is 11.6 Å². The number of phenols is 1. The number of carbonyl (C=O) groups is 1. The molecule has 1 fully saturated rings. The molecule has 3 aromatic rings. The van der Waals surface area contributed by atoms with Gasteiger partial charge in [-0.2, -0.15) is 0 Å². The second kappa shape index (κ2) is 8.96. The van der Waals surface area contributed by atoms with Crippen molar-refractivity contribution in [2.24, 2.45) is 0 Å². The number of nitrogens with zero attached hydrogens (tertiary/aromatic N) is 5. The van der Waals surface area contributed by atoms with Crippen molar-refractivity contribution in [2.75, 3.05) is 31.4 Å². The highest BCUT2D eigenvalue weighted by molar-refractivity contribution is 5.97. The Kier molecular flexibility index (Phi) is 6.31. The number of anilines is 2. The molecule has 0 saturated carbocycles. The number of likely N-dealkylation sites (tertiary alicyclic amines) is 1. The number of phenolic OH excluding ortho intramolecular Hbond substituents is 1. The van der Waals surface area contributed by atoms with Crippen molar-refractivity contribution in [3.05, 3.63) is 30.3 Å². The van der Waals surface area contributed by atoms with Crippen molar-refractivity contribution in [3.63, 3.8) is 0 Å². The lowest BCUT2D eigenvalue weighted by molar-refractivity contribution is -0.120. The van der Waals surface area contributed by atoms with Crippen LogP contribution in [-0.2, 0) is 4.79 Å². The molecule has 1 saturated heterocycles. The van der Waals surface area contributed by atoms with Gasteiger partial charge >= 0.3 is 0 Å². The topological polar surface area (TPSA) is 104 Å². The summed E-state index contributed by atoms with van der Waals surface area (Å²) >= 11 is 0. The normalized spacial score (nSPS) is 17.8. The monoisotopic (exact) mass is 478 g/mol. The first-order valence-electron chi connectivity index (χ1n) is 11.7. The third-order valence-electron chi connectivity index (χ3n) is 7.13. The number of fused-ring (bicyclic) bond motifs is 1. The second-order valence-electron chi connectivity index (χ2n) is 10.7. The maximum absolute atomic E-state index is 10.8. The Balaban J connectivity index is 1.63. The largest absolute Gasteiger partial charge is 0.507 e. The number of pyridine rings is 1. The molecule has 2 aromatic heterocycles. The van der Waals surface area contributed by atoms with E-state index in [4.69, 9.17) is 4.74 Å². The van der Waals surface area contributed by atoms with Gasteiger partial charge in [-0.25, -0.2) is 4.98 Å². The van der Waals surface area contributed by atoms with Gasteiger partial charge in [0.1, 0.15) is 11.6 Å². The fourth-order valence-electron chi connectivity index (χ4n) is 5.14. The zero-order chi connectivity index (χ0) is 25.5. The molecule has 0 atom stereocenters. The average Bonchev–Trinajstić information content (AvgIpc) is 2.77. The molecule has 0 aliphatic carbocycles. The quantitative estimate of drug-likeness (QED) is 0.508. The van der Waals surface area contributed by atoms with Gasteiger partial charge in [0.05, 0.1) is 16.9 Å². The molecule has 9 heteroatoms. The van der Waals surface area contributed by atoms with Crippen LogP contribution in [0.1, 0.15) is 40.5 Å². The predicted octanol–water partition coefficient (Wildman–Crippen LogP) is 4.06. The summed E-state index contributed by atoms with van der Waals surface area (Å²) < 4.78 is 4.93. The number of aromatic nitrogens is 3. The Hall–Kier alpha value is -3.46. The van der Waals surface area contributed by atoms with Crippen molar-refractivity contribution in [2.45, 2.75) is 57.7 Å². The number of benzene rings is 1. The van der Waals surface area contributed by atoms with Gasteiger partial charge in [0.2, 0.25) is 5.88 Å². The molecule has 1 aliphatic rings. The Bertz CT molecular complexity index is 1220. The van der Waals surface area contributed by atoms with Gasteiger partial charge in [0.15, 0.2) is 0 Å². The minimum atomic E-state index is 0.0202. The van der Waals surface area contributed by atoms with Crippen LogP contribution in [0, 0.1) is 0 Å². The van der Waals surface area contributed by atoms with E-state index in [1.54, 1.807) is 12.1 Å². The first-order chi connectivity index (χ1) is 16.4. The number of piperidine rings is 1. The molecule has 186 valence electrons. The molecule has 0 amide bonds. The van der Waals surface area contributed by atoms with Gasteiger partial charge in [-0.3, -0.25) is 9.69 Å². The van der Waals surface area contributed by atoms with E-state index in [0.717, 1.165) is 23.9 Å². The number of aromatic hydroxyl groups is 1.